The number of sulfonamides is 1. The second-order valence-corrected chi connectivity index (χ2v) is 9.88. The molecular weight excluding hydrogens is 446 g/mol. The molecule has 0 amide bonds. The number of piperidine rings is 1. The second kappa shape index (κ2) is 10.3. The third-order valence-electron chi connectivity index (χ3n) is 5.70. The molecule has 1 atom stereocenters. The highest BCUT2D eigenvalue weighted by molar-refractivity contribution is 7.89. The van der Waals surface area contributed by atoms with Crippen molar-refractivity contribution in [3.05, 3.63) is 65.2 Å². The van der Waals surface area contributed by atoms with Crippen LogP contribution in [-0.2, 0) is 24.3 Å². The average Bonchev–Trinajstić information content (AvgIpc) is 2.83. The highest BCUT2D eigenvalue weighted by Crippen LogP contribution is 2.27. The summed E-state index contributed by atoms with van der Waals surface area (Å²) in [5.74, 6) is -2.06. The summed E-state index contributed by atoms with van der Waals surface area (Å²) in [6, 6.07) is 12.9. The van der Waals surface area contributed by atoms with E-state index in [0.717, 1.165) is 5.56 Å². The fraction of sp³-hybridized carbons (Fsp3) is 0.375. The average molecular weight is 474 g/mol. The first-order valence-electron chi connectivity index (χ1n) is 10.6. The molecule has 33 heavy (non-hydrogen) atoms. The van der Waals surface area contributed by atoms with Crippen LogP contribution in [0.4, 0.5) is 0 Å². The molecule has 0 aromatic heterocycles. The molecule has 0 aliphatic carbocycles. The first kappa shape index (κ1) is 24.6. The summed E-state index contributed by atoms with van der Waals surface area (Å²) in [6.07, 6.45) is -0.428. The van der Waals surface area contributed by atoms with Crippen molar-refractivity contribution in [3.63, 3.8) is 0 Å². The molecule has 0 bridgehead atoms. The van der Waals surface area contributed by atoms with Crippen molar-refractivity contribution in [2.75, 3.05) is 20.2 Å². The lowest BCUT2D eigenvalue weighted by Crippen LogP contribution is -2.41. The van der Waals surface area contributed by atoms with E-state index in [1.807, 2.05) is 19.1 Å². The van der Waals surface area contributed by atoms with Gasteiger partial charge in [-0.1, -0.05) is 42.0 Å². The second-order valence-electron chi connectivity index (χ2n) is 7.98. The lowest BCUT2D eigenvalue weighted by Gasteiger charge is -2.31. The molecule has 1 heterocycles. The van der Waals surface area contributed by atoms with Gasteiger partial charge in [0.25, 0.3) is 0 Å². The minimum Gasteiger partial charge on any atom is -0.465 e. The zero-order valence-corrected chi connectivity index (χ0v) is 19.6. The summed E-state index contributed by atoms with van der Waals surface area (Å²) in [5, 5.41) is 0. The number of rotatable bonds is 7. The van der Waals surface area contributed by atoms with Crippen LogP contribution in [0.3, 0.4) is 0 Å². The summed E-state index contributed by atoms with van der Waals surface area (Å²) < 4.78 is 37.6. The SMILES string of the molecule is COC(=O)c1ccccc1S(=O)(=O)N1CCC(C(=O)OC(C)C(=O)c2ccc(C)cc2)CC1. The van der Waals surface area contributed by atoms with Crippen LogP contribution >= 0.6 is 0 Å². The Balaban J connectivity index is 1.62. The van der Waals surface area contributed by atoms with Crippen LogP contribution in [0, 0.1) is 12.8 Å². The molecule has 1 aliphatic rings. The van der Waals surface area contributed by atoms with E-state index >= 15 is 0 Å². The molecule has 0 radical (unpaired) electrons. The smallest absolute Gasteiger partial charge is 0.339 e. The van der Waals surface area contributed by atoms with Crippen molar-refractivity contribution in [2.24, 2.45) is 5.92 Å². The van der Waals surface area contributed by atoms with Crippen LogP contribution in [0.2, 0.25) is 0 Å². The maximum atomic E-state index is 13.1. The largest absolute Gasteiger partial charge is 0.465 e. The number of Topliss-reactive ketones (excluding diaryl/α,β-unsaturated/α-hetero) is 1. The molecule has 3 rings (SSSR count). The lowest BCUT2D eigenvalue weighted by atomic mass is 9.98. The summed E-state index contributed by atoms with van der Waals surface area (Å²) >= 11 is 0. The Morgan fingerprint density at radius 2 is 1.61 bits per heavy atom. The fourth-order valence-corrected chi connectivity index (χ4v) is 5.37. The standard InChI is InChI=1S/C24H27NO7S/c1-16-8-10-18(11-9-16)22(26)17(2)32-23(27)19-12-14-25(15-13-19)33(29,30)21-7-5-4-6-20(21)24(28)31-3/h4-11,17,19H,12-15H2,1-3H3. The van der Waals surface area contributed by atoms with Gasteiger partial charge in [-0.25, -0.2) is 13.2 Å². The van der Waals surface area contributed by atoms with E-state index in [9.17, 15) is 22.8 Å². The van der Waals surface area contributed by atoms with Gasteiger partial charge in [0.2, 0.25) is 15.8 Å². The maximum Gasteiger partial charge on any atom is 0.339 e. The number of esters is 2. The first-order valence-corrected chi connectivity index (χ1v) is 12.1. The number of ether oxygens (including phenoxy) is 2. The molecule has 2 aromatic rings. The Labute approximate surface area is 193 Å². The van der Waals surface area contributed by atoms with Crippen molar-refractivity contribution in [3.8, 4) is 0 Å². The highest BCUT2D eigenvalue weighted by Gasteiger charge is 2.35. The molecule has 176 valence electrons. The van der Waals surface area contributed by atoms with Gasteiger partial charge in [0.05, 0.1) is 23.5 Å². The van der Waals surface area contributed by atoms with E-state index in [-0.39, 0.29) is 42.2 Å². The number of benzene rings is 2. The molecule has 2 aromatic carbocycles. The van der Waals surface area contributed by atoms with Crippen LogP contribution in [0.25, 0.3) is 0 Å². The molecule has 1 fully saturated rings. The van der Waals surface area contributed by atoms with Gasteiger partial charge in [-0.3, -0.25) is 9.59 Å². The highest BCUT2D eigenvalue weighted by atomic mass is 32.2. The number of aryl methyl sites for hydroxylation is 1. The van der Waals surface area contributed by atoms with E-state index in [4.69, 9.17) is 9.47 Å². The van der Waals surface area contributed by atoms with Gasteiger partial charge in [-0.05, 0) is 38.8 Å². The Morgan fingerprint density at radius 1 is 1.00 bits per heavy atom. The van der Waals surface area contributed by atoms with E-state index in [2.05, 4.69) is 0 Å². The van der Waals surface area contributed by atoms with Crippen molar-refractivity contribution >= 4 is 27.7 Å². The number of hydrogen-bond donors (Lipinski definition) is 0. The van der Waals surface area contributed by atoms with Crippen LogP contribution < -0.4 is 0 Å². The van der Waals surface area contributed by atoms with Gasteiger partial charge in [0, 0.05) is 18.7 Å². The molecule has 8 nitrogen and oxygen atoms in total. The quantitative estimate of drug-likeness (QED) is 0.449. The number of hydrogen-bond acceptors (Lipinski definition) is 7. The minimum atomic E-state index is -3.95. The van der Waals surface area contributed by atoms with Crippen molar-refractivity contribution in [1.29, 1.82) is 0 Å². The van der Waals surface area contributed by atoms with E-state index in [1.165, 1.54) is 36.5 Å². The van der Waals surface area contributed by atoms with Crippen molar-refractivity contribution in [1.82, 2.24) is 4.31 Å². The Morgan fingerprint density at radius 3 is 2.21 bits per heavy atom. The van der Waals surface area contributed by atoms with Gasteiger partial charge < -0.3 is 9.47 Å². The van der Waals surface area contributed by atoms with Crippen molar-refractivity contribution < 1.29 is 32.3 Å². The number of nitrogens with zero attached hydrogens (tertiary/aromatic N) is 1. The normalized spacial score (nSPS) is 16.1. The molecule has 0 N–H and O–H groups in total. The Kier molecular flexibility index (Phi) is 7.65. The topological polar surface area (TPSA) is 107 Å². The van der Waals surface area contributed by atoms with Crippen LogP contribution in [0.15, 0.2) is 53.4 Å². The first-order chi connectivity index (χ1) is 15.6. The predicted molar refractivity (Wildman–Crippen MR) is 120 cm³/mol. The Hall–Kier alpha value is -3.04. The Bertz CT molecular complexity index is 1130. The molecule has 1 aliphatic heterocycles. The van der Waals surface area contributed by atoms with E-state index in [0.29, 0.717) is 5.56 Å². The maximum absolute atomic E-state index is 13.1. The van der Waals surface area contributed by atoms with Gasteiger partial charge in [0.15, 0.2) is 6.10 Å². The van der Waals surface area contributed by atoms with Crippen LogP contribution in [-0.4, -0.2) is 56.7 Å². The fourth-order valence-electron chi connectivity index (χ4n) is 3.72. The number of methoxy groups -OCH3 is 1. The van der Waals surface area contributed by atoms with Crippen LogP contribution in [0.5, 0.6) is 0 Å². The van der Waals surface area contributed by atoms with Crippen molar-refractivity contribution in [2.45, 2.75) is 37.7 Å². The third-order valence-corrected chi connectivity index (χ3v) is 7.65. The molecular formula is C24H27NO7S. The predicted octanol–water partition coefficient (Wildman–Crippen LogP) is 3.00. The number of carbonyl (C=O) groups is 3. The lowest BCUT2D eigenvalue weighted by molar-refractivity contribution is -0.152. The van der Waals surface area contributed by atoms with E-state index in [1.54, 1.807) is 18.2 Å². The molecule has 1 saturated heterocycles. The number of ketones is 1. The monoisotopic (exact) mass is 473 g/mol. The zero-order valence-electron chi connectivity index (χ0n) is 18.8. The van der Waals surface area contributed by atoms with Gasteiger partial charge in [-0.2, -0.15) is 4.31 Å². The van der Waals surface area contributed by atoms with Gasteiger partial charge in [-0.15, -0.1) is 0 Å². The summed E-state index contributed by atoms with van der Waals surface area (Å²) in [6.45, 7) is 3.64. The molecule has 9 heteroatoms. The van der Waals surface area contributed by atoms with Gasteiger partial charge >= 0.3 is 11.9 Å². The summed E-state index contributed by atoms with van der Waals surface area (Å²) in [5.41, 5.74) is 1.45. The molecule has 1 unspecified atom stereocenters. The minimum absolute atomic E-state index is 0.0371. The van der Waals surface area contributed by atoms with E-state index < -0.39 is 34.0 Å². The summed E-state index contributed by atoms with van der Waals surface area (Å²) in [4.78, 5) is 37.0. The molecule has 0 spiro atoms. The third kappa shape index (κ3) is 5.48. The zero-order chi connectivity index (χ0) is 24.2. The summed E-state index contributed by atoms with van der Waals surface area (Å²) in [7, 11) is -2.76. The van der Waals surface area contributed by atoms with Crippen LogP contribution in [0.1, 0.15) is 46.0 Å². The van der Waals surface area contributed by atoms with Gasteiger partial charge in [0.1, 0.15) is 0 Å². The number of carbonyl (C=O) groups excluding carboxylic acids is 3. The molecule has 0 saturated carbocycles.